The van der Waals surface area contributed by atoms with Gasteiger partial charge >= 0.3 is 5.97 Å². The Bertz CT molecular complexity index is 169. The second kappa shape index (κ2) is 10.9. The van der Waals surface area contributed by atoms with Gasteiger partial charge in [-0.1, -0.05) is 39.5 Å². The molecule has 0 aromatic carbocycles. The molecular weight excluding hydrogens is 204 g/mol. The van der Waals surface area contributed by atoms with Crippen molar-refractivity contribution in [3.05, 3.63) is 0 Å². The number of unbranched alkanes of at least 4 members (excludes halogenated alkanes) is 4. The van der Waals surface area contributed by atoms with E-state index in [0.29, 0.717) is 25.9 Å². The summed E-state index contributed by atoms with van der Waals surface area (Å²) in [6.45, 7) is 4.44. The van der Waals surface area contributed by atoms with E-state index in [9.17, 15) is 9.90 Å². The monoisotopic (exact) mass is 230 g/mol. The van der Waals surface area contributed by atoms with Crippen LogP contribution in [0.1, 0.15) is 65.2 Å². The largest absolute Gasteiger partial charge is 0.466 e. The number of carbonyl (C=O) groups is 1. The van der Waals surface area contributed by atoms with Crippen molar-refractivity contribution in [3.8, 4) is 0 Å². The first kappa shape index (κ1) is 15.4. The fourth-order valence-electron chi connectivity index (χ4n) is 1.46. The average Bonchev–Trinajstić information content (AvgIpc) is 2.28. The summed E-state index contributed by atoms with van der Waals surface area (Å²) in [5, 5.41) is 9.25. The molecule has 1 N–H and O–H groups in total. The van der Waals surface area contributed by atoms with Crippen LogP contribution in [0.25, 0.3) is 0 Å². The van der Waals surface area contributed by atoms with Gasteiger partial charge in [-0.05, 0) is 12.8 Å². The molecule has 0 aromatic rings. The van der Waals surface area contributed by atoms with Crippen molar-refractivity contribution in [2.75, 3.05) is 6.61 Å². The lowest BCUT2D eigenvalue weighted by atomic mass is 10.1. The van der Waals surface area contributed by atoms with Crippen LogP contribution in [-0.2, 0) is 9.53 Å². The molecule has 3 heteroatoms. The first-order valence-electron chi connectivity index (χ1n) is 6.54. The summed E-state index contributed by atoms with van der Waals surface area (Å²) in [6, 6.07) is 0. The average molecular weight is 230 g/mol. The molecule has 0 aliphatic rings. The molecular formula is C13H26O3. The molecule has 0 bridgehead atoms. The van der Waals surface area contributed by atoms with Gasteiger partial charge in [0.2, 0.25) is 0 Å². The molecule has 96 valence electrons. The highest BCUT2D eigenvalue weighted by atomic mass is 16.5. The number of rotatable bonds is 10. The van der Waals surface area contributed by atoms with Gasteiger partial charge in [-0.15, -0.1) is 0 Å². The van der Waals surface area contributed by atoms with Gasteiger partial charge in [0.1, 0.15) is 0 Å². The quantitative estimate of drug-likeness (QED) is 0.463. The summed E-state index contributed by atoms with van der Waals surface area (Å²) in [6.07, 6.45) is 7.17. The Hall–Kier alpha value is -0.570. The molecule has 1 atom stereocenters. The Kier molecular flexibility index (Phi) is 10.5. The molecule has 0 saturated heterocycles. The normalized spacial score (nSPS) is 12.4. The minimum absolute atomic E-state index is 0.125. The highest BCUT2D eigenvalue weighted by Crippen LogP contribution is 2.06. The summed E-state index contributed by atoms with van der Waals surface area (Å²) in [4.78, 5) is 11.2. The topological polar surface area (TPSA) is 46.5 Å². The van der Waals surface area contributed by atoms with Crippen molar-refractivity contribution in [1.29, 1.82) is 0 Å². The number of aliphatic hydroxyl groups is 1. The first-order valence-corrected chi connectivity index (χ1v) is 6.54. The zero-order chi connectivity index (χ0) is 12.2. The highest BCUT2D eigenvalue weighted by Gasteiger charge is 2.05. The molecule has 3 nitrogen and oxygen atoms in total. The van der Waals surface area contributed by atoms with E-state index in [4.69, 9.17) is 4.74 Å². The van der Waals surface area contributed by atoms with Crippen LogP contribution in [0.5, 0.6) is 0 Å². The standard InChI is InChI=1S/C13H26O3/c1-3-5-6-7-8-9-13(15)16-11-10-12(14)4-2/h12,14H,3-11H2,1-2H3. The van der Waals surface area contributed by atoms with E-state index in [1.54, 1.807) is 0 Å². The fraction of sp³-hybridized carbons (Fsp3) is 0.923. The van der Waals surface area contributed by atoms with Crippen LogP contribution >= 0.6 is 0 Å². The molecule has 0 radical (unpaired) electrons. The maximum absolute atomic E-state index is 11.2. The Labute approximate surface area is 99.2 Å². The number of hydrogen-bond acceptors (Lipinski definition) is 3. The van der Waals surface area contributed by atoms with Crippen LogP contribution in [0, 0.1) is 0 Å². The maximum atomic E-state index is 11.2. The lowest BCUT2D eigenvalue weighted by Crippen LogP contribution is -2.12. The van der Waals surface area contributed by atoms with Gasteiger partial charge in [0.05, 0.1) is 12.7 Å². The van der Waals surface area contributed by atoms with Gasteiger partial charge in [-0.25, -0.2) is 0 Å². The predicted octanol–water partition coefficient (Wildman–Crippen LogP) is 3.05. The summed E-state index contributed by atoms with van der Waals surface area (Å²) >= 11 is 0. The zero-order valence-electron chi connectivity index (χ0n) is 10.7. The number of carbonyl (C=O) groups excluding carboxylic acids is 1. The van der Waals surface area contributed by atoms with E-state index < -0.39 is 0 Å². The van der Waals surface area contributed by atoms with Gasteiger partial charge in [-0.3, -0.25) is 4.79 Å². The molecule has 0 amide bonds. The summed E-state index contributed by atoms with van der Waals surface area (Å²) < 4.78 is 5.02. The summed E-state index contributed by atoms with van der Waals surface area (Å²) in [5.74, 6) is -0.125. The Morgan fingerprint density at radius 2 is 1.88 bits per heavy atom. The van der Waals surface area contributed by atoms with Crippen LogP contribution < -0.4 is 0 Å². The molecule has 0 aliphatic carbocycles. The Morgan fingerprint density at radius 3 is 2.50 bits per heavy atom. The van der Waals surface area contributed by atoms with Crippen molar-refractivity contribution in [3.63, 3.8) is 0 Å². The lowest BCUT2D eigenvalue weighted by molar-refractivity contribution is -0.144. The van der Waals surface area contributed by atoms with Gasteiger partial charge in [0.15, 0.2) is 0 Å². The molecule has 0 aliphatic heterocycles. The van der Waals surface area contributed by atoms with Crippen molar-refractivity contribution < 1.29 is 14.6 Å². The van der Waals surface area contributed by atoms with E-state index in [-0.39, 0.29) is 12.1 Å². The van der Waals surface area contributed by atoms with Crippen molar-refractivity contribution in [2.45, 2.75) is 71.3 Å². The summed E-state index contributed by atoms with van der Waals surface area (Å²) in [5.41, 5.74) is 0. The van der Waals surface area contributed by atoms with Crippen LogP contribution in [0.3, 0.4) is 0 Å². The number of ether oxygens (including phenoxy) is 1. The van der Waals surface area contributed by atoms with Crippen molar-refractivity contribution >= 4 is 5.97 Å². The molecule has 0 rings (SSSR count). The smallest absolute Gasteiger partial charge is 0.305 e. The van der Waals surface area contributed by atoms with E-state index in [2.05, 4.69) is 6.92 Å². The third-order valence-corrected chi connectivity index (χ3v) is 2.67. The molecule has 0 saturated carbocycles. The van der Waals surface area contributed by atoms with E-state index in [0.717, 1.165) is 12.8 Å². The minimum Gasteiger partial charge on any atom is -0.466 e. The fourth-order valence-corrected chi connectivity index (χ4v) is 1.46. The van der Waals surface area contributed by atoms with Gasteiger partial charge in [0.25, 0.3) is 0 Å². The molecule has 0 fully saturated rings. The molecule has 0 spiro atoms. The lowest BCUT2D eigenvalue weighted by Gasteiger charge is -2.08. The van der Waals surface area contributed by atoms with Gasteiger partial charge < -0.3 is 9.84 Å². The number of hydrogen-bond donors (Lipinski definition) is 1. The van der Waals surface area contributed by atoms with E-state index in [1.807, 2.05) is 6.92 Å². The SMILES string of the molecule is CCCCCCCC(=O)OCCC(O)CC. The minimum atomic E-state index is -0.336. The van der Waals surface area contributed by atoms with Crippen LogP contribution in [0.4, 0.5) is 0 Å². The predicted molar refractivity (Wildman–Crippen MR) is 65.2 cm³/mol. The second-order valence-electron chi connectivity index (χ2n) is 4.24. The molecule has 1 unspecified atom stereocenters. The van der Waals surface area contributed by atoms with Crippen molar-refractivity contribution in [1.82, 2.24) is 0 Å². The van der Waals surface area contributed by atoms with Crippen molar-refractivity contribution in [2.24, 2.45) is 0 Å². The van der Waals surface area contributed by atoms with Gasteiger partial charge in [0, 0.05) is 12.8 Å². The third-order valence-electron chi connectivity index (χ3n) is 2.67. The number of esters is 1. The zero-order valence-corrected chi connectivity index (χ0v) is 10.7. The van der Waals surface area contributed by atoms with Crippen LogP contribution in [0.15, 0.2) is 0 Å². The molecule has 0 heterocycles. The Morgan fingerprint density at radius 1 is 1.19 bits per heavy atom. The first-order chi connectivity index (χ1) is 7.70. The van der Waals surface area contributed by atoms with E-state index >= 15 is 0 Å². The third kappa shape index (κ3) is 9.97. The van der Waals surface area contributed by atoms with Crippen LogP contribution in [0.2, 0.25) is 0 Å². The summed E-state index contributed by atoms with van der Waals surface area (Å²) in [7, 11) is 0. The van der Waals surface area contributed by atoms with E-state index in [1.165, 1.54) is 19.3 Å². The molecule has 0 aromatic heterocycles. The van der Waals surface area contributed by atoms with Gasteiger partial charge in [-0.2, -0.15) is 0 Å². The second-order valence-corrected chi connectivity index (χ2v) is 4.24. The van der Waals surface area contributed by atoms with Crippen LogP contribution in [-0.4, -0.2) is 23.8 Å². The maximum Gasteiger partial charge on any atom is 0.305 e. The molecule has 16 heavy (non-hydrogen) atoms. The Balaban J connectivity index is 3.24. The highest BCUT2D eigenvalue weighted by molar-refractivity contribution is 5.69. The number of aliphatic hydroxyl groups excluding tert-OH is 1.